The molecule has 0 heterocycles. The molecule has 0 saturated heterocycles. The second-order valence-electron chi connectivity index (χ2n) is 4.23. The second kappa shape index (κ2) is 6.06. The lowest BCUT2D eigenvalue weighted by atomic mass is 10.2. The minimum atomic E-state index is 0.741. The summed E-state index contributed by atoms with van der Waals surface area (Å²) in [5.41, 5.74) is 2.60. The third kappa shape index (κ3) is 4.17. The largest absolute Gasteiger partial charge is 0.384 e. The SMILES string of the molecule is CCNc1cc(C)ccc1SCC(C)C. The normalized spacial score (nSPS) is 10.7. The zero-order chi connectivity index (χ0) is 11.3. The van der Waals surface area contributed by atoms with Gasteiger partial charge in [-0.25, -0.2) is 0 Å². The Morgan fingerprint density at radius 1 is 1.33 bits per heavy atom. The third-order valence-electron chi connectivity index (χ3n) is 2.07. The predicted octanol–water partition coefficient (Wildman–Crippen LogP) is 4.17. The first-order valence-electron chi connectivity index (χ1n) is 5.60. The zero-order valence-corrected chi connectivity index (χ0v) is 10.9. The molecule has 0 spiro atoms. The Morgan fingerprint density at radius 3 is 2.67 bits per heavy atom. The number of thioether (sulfide) groups is 1. The van der Waals surface area contributed by atoms with Gasteiger partial charge in [0, 0.05) is 22.9 Å². The highest BCUT2D eigenvalue weighted by molar-refractivity contribution is 7.99. The number of nitrogens with one attached hydrogen (secondary N) is 1. The molecule has 0 bridgehead atoms. The Hall–Kier alpha value is -0.630. The summed E-state index contributed by atoms with van der Waals surface area (Å²) < 4.78 is 0. The molecule has 0 aromatic heterocycles. The highest BCUT2D eigenvalue weighted by atomic mass is 32.2. The van der Waals surface area contributed by atoms with Crippen molar-refractivity contribution in [2.75, 3.05) is 17.6 Å². The van der Waals surface area contributed by atoms with Crippen LogP contribution >= 0.6 is 11.8 Å². The van der Waals surface area contributed by atoms with Crippen LogP contribution in [0.15, 0.2) is 23.1 Å². The van der Waals surface area contributed by atoms with Crippen LogP contribution in [0, 0.1) is 12.8 Å². The first-order valence-corrected chi connectivity index (χ1v) is 6.59. The van der Waals surface area contributed by atoms with E-state index in [9.17, 15) is 0 Å². The molecule has 0 aliphatic heterocycles. The van der Waals surface area contributed by atoms with Crippen molar-refractivity contribution in [1.29, 1.82) is 0 Å². The van der Waals surface area contributed by atoms with E-state index in [1.807, 2.05) is 11.8 Å². The Balaban J connectivity index is 2.76. The molecule has 0 saturated carbocycles. The van der Waals surface area contributed by atoms with Crippen molar-refractivity contribution in [1.82, 2.24) is 0 Å². The van der Waals surface area contributed by atoms with Crippen molar-refractivity contribution < 1.29 is 0 Å². The van der Waals surface area contributed by atoms with E-state index in [1.54, 1.807) is 0 Å². The Kier molecular flexibility index (Phi) is 5.03. The molecule has 1 N–H and O–H groups in total. The van der Waals surface area contributed by atoms with Crippen molar-refractivity contribution >= 4 is 17.4 Å². The molecular formula is C13H21NS. The van der Waals surface area contributed by atoms with Gasteiger partial charge in [0.2, 0.25) is 0 Å². The van der Waals surface area contributed by atoms with Gasteiger partial charge in [0.05, 0.1) is 0 Å². The predicted molar refractivity (Wildman–Crippen MR) is 70.9 cm³/mol. The molecule has 0 amide bonds. The van der Waals surface area contributed by atoms with Crippen molar-refractivity contribution in [2.24, 2.45) is 5.92 Å². The lowest BCUT2D eigenvalue weighted by molar-refractivity contribution is 0.750. The highest BCUT2D eigenvalue weighted by Gasteiger charge is 2.03. The van der Waals surface area contributed by atoms with Gasteiger partial charge >= 0.3 is 0 Å². The molecule has 0 radical (unpaired) electrons. The summed E-state index contributed by atoms with van der Waals surface area (Å²) in [6.45, 7) is 9.78. The van der Waals surface area contributed by atoms with Crippen molar-refractivity contribution in [3.63, 3.8) is 0 Å². The van der Waals surface area contributed by atoms with Gasteiger partial charge in [-0.2, -0.15) is 0 Å². The lowest BCUT2D eigenvalue weighted by Crippen LogP contribution is -1.99. The Morgan fingerprint density at radius 2 is 2.07 bits per heavy atom. The Bertz CT molecular complexity index is 307. The van der Waals surface area contributed by atoms with Gasteiger partial charge in [-0.3, -0.25) is 0 Å². The summed E-state index contributed by atoms with van der Waals surface area (Å²) in [5.74, 6) is 1.92. The van der Waals surface area contributed by atoms with Gasteiger partial charge in [-0.15, -0.1) is 11.8 Å². The van der Waals surface area contributed by atoms with Crippen LogP contribution in [0.5, 0.6) is 0 Å². The van der Waals surface area contributed by atoms with Crippen LogP contribution in [0.25, 0.3) is 0 Å². The van der Waals surface area contributed by atoms with Crippen molar-refractivity contribution in [2.45, 2.75) is 32.6 Å². The first-order chi connectivity index (χ1) is 7.13. The maximum atomic E-state index is 3.42. The van der Waals surface area contributed by atoms with Gasteiger partial charge in [0.15, 0.2) is 0 Å². The molecule has 0 fully saturated rings. The van der Waals surface area contributed by atoms with E-state index in [-0.39, 0.29) is 0 Å². The number of hydrogen-bond donors (Lipinski definition) is 1. The molecule has 0 aliphatic carbocycles. The monoisotopic (exact) mass is 223 g/mol. The van der Waals surface area contributed by atoms with E-state index in [1.165, 1.54) is 21.9 Å². The topological polar surface area (TPSA) is 12.0 Å². The van der Waals surface area contributed by atoms with Crippen molar-refractivity contribution in [3.8, 4) is 0 Å². The second-order valence-corrected chi connectivity index (χ2v) is 5.30. The summed E-state index contributed by atoms with van der Waals surface area (Å²) >= 11 is 1.94. The summed E-state index contributed by atoms with van der Waals surface area (Å²) in [4.78, 5) is 1.37. The van der Waals surface area contributed by atoms with Gasteiger partial charge in [0.25, 0.3) is 0 Å². The maximum Gasteiger partial charge on any atom is 0.0480 e. The minimum Gasteiger partial charge on any atom is -0.384 e. The number of hydrogen-bond acceptors (Lipinski definition) is 2. The van der Waals surface area contributed by atoms with E-state index >= 15 is 0 Å². The number of rotatable bonds is 5. The molecule has 1 aromatic carbocycles. The molecule has 1 rings (SSSR count). The standard InChI is InChI=1S/C13H21NS/c1-5-14-12-8-11(4)6-7-13(12)15-9-10(2)3/h6-8,10,14H,5,9H2,1-4H3. The van der Waals surface area contributed by atoms with E-state index in [0.717, 1.165) is 12.5 Å². The maximum absolute atomic E-state index is 3.42. The van der Waals surface area contributed by atoms with Crippen LogP contribution in [0.1, 0.15) is 26.3 Å². The summed E-state index contributed by atoms with van der Waals surface area (Å²) in [6.07, 6.45) is 0. The molecule has 1 nitrogen and oxygen atoms in total. The van der Waals surface area contributed by atoms with E-state index in [2.05, 4.69) is 51.2 Å². The molecule has 0 atom stereocenters. The summed E-state index contributed by atoms with van der Waals surface area (Å²) in [7, 11) is 0. The molecule has 0 unspecified atom stereocenters. The molecule has 0 aliphatic rings. The molecule has 15 heavy (non-hydrogen) atoms. The fourth-order valence-electron chi connectivity index (χ4n) is 1.35. The molecule has 2 heteroatoms. The van der Waals surface area contributed by atoms with Gasteiger partial charge in [0.1, 0.15) is 0 Å². The van der Waals surface area contributed by atoms with Crippen LogP contribution < -0.4 is 5.32 Å². The first kappa shape index (κ1) is 12.4. The average Bonchev–Trinajstić information content (AvgIpc) is 2.17. The van der Waals surface area contributed by atoms with E-state index in [0.29, 0.717) is 0 Å². The number of benzene rings is 1. The van der Waals surface area contributed by atoms with Crippen molar-refractivity contribution in [3.05, 3.63) is 23.8 Å². The summed E-state index contributed by atoms with van der Waals surface area (Å²) in [5, 5.41) is 3.42. The minimum absolute atomic E-state index is 0.741. The highest BCUT2D eigenvalue weighted by Crippen LogP contribution is 2.29. The van der Waals surface area contributed by atoms with Gasteiger partial charge in [-0.05, 0) is 37.5 Å². The van der Waals surface area contributed by atoms with Crippen LogP contribution in [0.4, 0.5) is 5.69 Å². The lowest BCUT2D eigenvalue weighted by Gasteiger charge is -2.12. The van der Waals surface area contributed by atoms with E-state index < -0.39 is 0 Å². The molecular weight excluding hydrogens is 202 g/mol. The molecule has 84 valence electrons. The number of anilines is 1. The van der Waals surface area contributed by atoms with Crippen LogP contribution in [0.2, 0.25) is 0 Å². The van der Waals surface area contributed by atoms with Crippen LogP contribution in [-0.2, 0) is 0 Å². The zero-order valence-electron chi connectivity index (χ0n) is 10.1. The quantitative estimate of drug-likeness (QED) is 0.752. The Labute approximate surface area is 97.7 Å². The third-order valence-corrected chi connectivity index (χ3v) is 3.57. The van der Waals surface area contributed by atoms with Crippen LogP contribution in [0.3, 0.4) is 0 Å². The fraction of sp³-hybridized carbons (Fsp3) is 0.538. The van der Waals surface area contributed by atoms with Gasteiger partial charge < -0.3 is 5.32 Å². The van der Waals surface area contributed by atoms with E-state index in [4.69, 9.17) is 0 Å². The average molecular weight is 223 g/mol. The van der Waals surface area contributed by atoms with Gasteiger partial charge in [-0.1, -0.05) is 19.9 Å². The number of aryl methyl sites for hydroxylation is 1. The molecule has 1 aromatic rings. The smallest absolute Gasteiger partial charge is 0.0480 e. The van der Waals surface area contributed by atoms with Crippen LogP contribution in [-0.4, -0.2) is 12.3 Å². The summed E-state index contributed by atoms with van der Waals surface area (Å²) in [6, 6.07) is 6.63. The fourth-order valence-corrected chi connectivity index (χ4v) is 2.32.